The van der Waals surface area contributed by atoms with Crippen molar-refractivity contribution in [2.24, 2.45) is 0 Å². The number of thiophene rings is 1. The Morgan fingerprint density at radius 1 is 1.15 bits per heavy atom. The van der Waals surface area contributed by atoms with E-state index in [9.17, 15) is 9.59 Å². The van der Waals surface area contributed by atoms with Gasteiger partial charge >= 0.3 is 0 Å². The van der Waals surface area contributed by atoms with E-state index in [1.807, 2.05) is 43.0 Å². The van der Waals surface area contributed by atoms with Crippen molar-refractivity contribution in [1.29, 1.82) is 0 Å². The van der Waals surface area contributed by atoms with E-state index in [-0.39, 0.29) is 18.4 Å². The molecule has 1 saturated heterocycles. The molecule has 0 saturated carbocycles. The lowest BCUT2D eigenvalue weighted by Crippen LogP contribution is -2.32. The standard InChI is InChI=1S/C19H23N3O2S2/c1-14-5-6-17(26-14)19(24)20-12-18(23)21-16-4-2-3-15(11-16)13-22-7-9-25-10-8-22/h2-6,11H,7-10,12-13H2,1H3,(H,20,24)(H,21,23). The van der Waals surface area contributed by atoms with E-state index in [2.05, 4.69) is 21.6 Å². The lowest BCUT2D eigenvalue weighted by Gasteiger charge is -2.26. The van der Waals surface area contributed by atoms with Gasteiger partial charge < -0.3 is 10.6 Å². The van der Waals surface area contributed by atoms with Crippen LogP contribution in [0.4, 0.5) is 5.69 Å². The maximum absolute atomic E-state index is 12.1. The van der Waals surface area contributed by atoms with E-state index >= 15 is 0 Å². The van der Waals surface area contributed by atoms with Gasteiger partial charge in [0.15, 0.2) is 0 Å². The molecule has 0 bridgehead atoms. The third-order valence-corrected chi connectivity index (χ3v) is 6.04. The second-order valence-corrected chi connectivity index (χ2v) is 8.74. The van der Waals surface area contributed by atoms with Crippen LogP contribution in [-0.2, 0) is 11.3 Å². The number of thioether (sulfide) groups is 1. The lowest BCUT2D eigenvalue weighted by molar-refractivity contribution is -0.115. The molecule has 1 aromatic heterocycles. The Balaban J connectivity index is 1.49. The SMILES string of the molecule is Cc1ccc(C(=O)NCC(=O)Nc2cccc(CN3CCSCC3)c2)s1. The fraction of sp³-hybridized carbons (Fsp3) is 0.368. The minimum Gasteiger partial charge on any atom is -0.342 e. The van der Waals surface area contributed by atoms with E-state index < -0.39 is 0 Å². The smallest absolute Gasteiger partial charge is 0.261 e. The molecule has 0 radical (unpaired) electrons. The van der Waals surface area contributed by atoms with Gasteiger partial charge in [-0.05, 0) is 36.8 Å². The Kier molecular flexibility index (Phi) is 6.71. The summed E-state index contributed by atoms with van der Waals surface area (Å²) >= 11 is 3.42. The molecule has 1 fully saturated rings. The van der Waals surface area contributed by atoms with Crippen LogP contribution in [0.15, 0.2) is 36.4 Å². The molecule has 3 rings (SSSR count). The van der Waals surface area contributed by atoms with Crippen LogP contribution in [0.3, 0.4) is 0 Å². The summed E-state index contributed by atoms with van der Waals surface area (Å²) in [5.41, 5.74) is 1.95. The average Bonchev–Trinajstić information content (AvgIpc) is 3.07. The number of anilines is 1. The molecule has 2 N–H and O–H groups in total. The van der Waals surface area contributed by atoms with Gasteiger partial charge in [-0.25, -0.2) is 0 Å². The first kappa shape index (κ1) is 18.9. The van der Waals surface area contributed by atoms with Gasteiger partial charge in [-0.2, -0.15) is 11.8 Å². The number of rotatable bonds is 6. The second kappa shape index (κ2) is 9.21. The Morgan fingerprint density at radius 2 is 1.96 bits per heavy atom. The van der Waals surface area contributed by atoms with Gasteiger partial charge in [-0.1, -0.05) is 12.1 Å². The molecule has 0 atom stereocenters. The topological polar surface area (TPSA) is 61.4 Å². The number of amides is 2. The number of nitrogens with zero attached hydrogens (tertiary/aromatic N) is 1. The Morgan fingerprint density at radius 3 is 2.69 bits per heavy atom. The highest BCUT2D eigenvalue weighted by Crippen LogP contribution is 2.16. The minimum atomic E-state index is -0.224. The number of hydrogen-bond acceptors (Lipinski definition) is 5. The largest absolute Gasteiger partial charge is 0.342 e. The zero-order chi connectivity index (χ0) is 18.4. The maximum atomic E-state index is 12.1. The molecule has 5 nitrogen and oxygen atoms in total. The van der Waals surface area contributed by atoms with Crippen LogP contribution >= 0.6 is 23.1 Å². The molecule has 0 spiro atoms. The molecule has 0 aliphatic carbocycles. The summed E-state index contributed by atoms with van der Waals surface area (Å²) in [5.74, 6) is 1.92. The van der Waals surface area contributed by atoms with Crippen LogP contribution in [0.5, 0.6) is 0 Å². The highest BCUT2D eigenvalue weighted by Gasteiger charge is 2.12. The van der Waals surface area contributed by atoms with Crippen LogP contribution in [0.1, 0.15) is 20.1 Å². The zero-order valence-corrected chi connectivity index (χ0v) is 16.4. The summed E-state index contributed by atoms with van der Waals surface area (Å²) in [7, 11) is 0. The van der Waals surface area contributed by atoms with Crippen molar-refractivity contribution in [1.82, 2.24) is 10.2 Å². The van der Waals surface area contributed by atoms with E-state index in [1.54, 1.807) is 6.07 Å². The van der Waals surface area contributed by atoms with Gasteiger partial charge in [0.1, 0.15) is 0 Å². The fourth-order valence-electron chi connectivity index (χ4n) is 2.77. The van der Waals surface area contributed by atoms with Gasteiger partial charge in [-0.15, -0.1) is 11.3 Å². The quantitative estimate of drug-likeness (QED) is 0.797. The summed E-state index contributed by atoms with van der Waals surface area (Å²) in [6, 6.07) is 11.6. The minimum absolute atomic E-state index is 0.0383. The van der Waals surface area contributed by atoms with E-state index in [0.29, 0.717) is 4.88 Å². The summed E-state index contributed by atoms with van der Waals surface area (Å²) in [6.45, 7) is 5.02. The number of carbonyl (C=O) groups excluding carboxylic acids is 2. The molecular weight excluding hydrogens is 366 g/mol. The monoisotopic (exact) mass is 389 g/mol. The molecule has 1 aliphatic rings. The van der Waals surface area contributed by atoms with Crippen LogP contribution in [0.25, 0.3) is 0 Å². The third kappa shape index (κ3) is 5.59. The molecule has 26 heavy (non-hydrogen) atoms. The molecule has 2 amide bonds. The van der Waals surface area contributed by atoms with Gasteiger partial charge in [0.25, 0.3) is 5.91 Å². The number of benzene rings is 1. The maximum Gasteiger partial charge on any atom is 0.261 e. The average molecular weight is 390 g/mol. The molecule has 1 aliphatic heterocycles. The molecule has 138 valence electrons. The Bertz CT molecular complexity index is 770. The van der Waals surface area contributed by atoms with Crippen molar-refractivity contribution in [2.45, 2.75) is 13.5 Å². The molecule has 7 heteroatoms. The van der Waals surface area contributed by atoms with E-state index in [4.69, 9.17) is 0 Å². The lowest BCUT2D eigenvalue weighted by atomic mass is 10.2. The van der Waals surface area contributed by atoms with Crippen LogP contribution < -0.4 is 10.6 Å². The van der Waals surface area contributed by atoms with E-state index in [1.165, 1.54) is 28.4 Å². The highest BCUT2D eigenvalue weighted by molar-refractivity contribution is 7.99. The van der Waals surface area contributed by atoms with Crippen molar-refractivity contribution in [3.8, 4) is 0 Å². The number of nitrogens with one attached hydrogen (secondary N) is 2. The summed E-state index contributed by atoms with van der Waals surface area (Å²) in [4.78, 5) is 28.2. The number of hydrogen-bond donors (Lipinski definition) is 2. The first-order valence-corrected chi connectivity index (χ1v) is 10.6. The van der Waals surface area contributed by atoms with Crippen molar-refractivity contribution in [2.75, 3.05) is 36.5 Å². The van der Waals surface area contributed by atoms with Gasteiger partial charge in [0.05, 0.1) is 11.4 Å². The molecule has 2 aromatic rings. The fourth-order valence-corrected chi connectivity index (χ4v) is 4.54. The van der Waals surface area contributed by atoms with Gasteiger partial charge in [0, 0.05) is 41.7 Å². The van der Waals surface area contributed by atoms with Crippen LogP contribution in [-0.4, -0.2) is 47.9 Å². The third-order valence-electron chi connectivity index (χ3n) is 4.09. The zero-order valence-electron chi connectivity index (χ0n) is 14.8. The molecule has 1 aromatic carbocycles. The molecule has 2 heterocycles. The number of carbonyl (C=O) groups is 2. The predicted octanol–water partition coefficient (Wildman–Crippen LogP) is 2.97. The normalized spacial score (nSPS) is 14.8. The molecule has 0 unspecified atom stereocenters. The predicted molar refractivity (Wildman–Crippen MR) is 109 cm³/mol. The second-order valence-electron chi connectivity index (χ2n) is 6.23. The Hall–Kier alpha value is -1.83. The molecular formula is C19H23N3O2S2. The summed E-state index contributed by atoms with van der Waals surface area (Å²) in [6.07, 6.45) is 0. The van der Waals surface area contributed by atoms with Crippen LogP contribution in [0.2, 0.25) is 0 Å². The first-order chi connectivity index (χ1) is 12.6. The van der Waals surface area contributed by atoms with Gasteiger partial charge in [-0.3, -0.25) is 14.5 Å². The van der Waals surface area contributed by atoms with Crippen molar-refractivity contribution in [3.63, 3.8) is 0 Å². The Labute approximate surface area is 162 Å². The summed E-state index contributed by atoms with van der Waals surface area (Å²) < 4.78 is 0. The van der Waals surface area contributed by atoms with Crippen LogP contribution in [0, 0.1) is 6.92 Å². The number of aryl methyl sites for hydroxylation is 1. The van der Waals surface area contributed by atoms with Crippen molar-refractivity contribution in [3.05, 3.63) is 51.7 Å². The van der Waals surface area contributed by atoms with E-state index in [0.717, 1.165) is 30.2 Å². The van der Waals surface area contributed by atoms with Gasteiger partial charge in [0.2, 0.25) is 5.91 Å². The first-order valence-electron chi connectivity index (χ1n) is 8.64. The highest BCUT2D eigenvalue weighted by atomic mass is 32.2. The summed E-state index contributed by atoms with van der Waals surface area (Å²) in [5, 5.41) is 5.52. The van der Waals surface area contributed by atoms with Crippen molar-refractivity contribution < 1.29 is 9.59 Å². The van der Waals surface area contributed by atoms with Crippen molar-refractivity contribution >= 4 is 40.6 Å².